The van der Waals surface area contributed by atoms with E-state index in [4.69, 9.17) is 0 Å². The second-order valence-electron chi connectivity index (χ2n) is 5.86. The molecule has 1 fully saturated rings. The van der Waals surface area contributed by atoms with Gasteiger partial charge in [-0.25, -0.2) is 0 Å². The van der Waals surface area contributed by atoms with Gasteiger partial charge in [0.05, 0.1) is 0 Å². The summed E-state index contributed by atoms with van der Waals surface area (Å²) in [5.41, 5.74) is 2.83. The average molecular weight is 244 g/mol. The molecule has 0 amide bonds. The molecule has 1 aliphatic heterocycles. The zero-order chi connectivity index (χ0) is 12.4. The molecule has 2 aliphatic rings. The van der Waals surface area contributed by atoms with Crippen molar-refractivity contribution in [3.63, 3.8) is 0 Å². The molecule has 2 atom stereocenters. The first kappa shape index (κ1) is 12.0. The van der Waals surface area contributed by atoms with Crippen molar-refractivity contribution in [1.82, 2.24) is 5.32 Å². The summed E-state index contributed by atoms with van der Waals surface area (Å²) in [5.74, 6) is 0.628. The highest BCUT2D eigenvalue weighted by atomic mass is 15.0. The Hall–Kier alpha value is -1.02. The number of anilines is 1. The molecule has 0 aromatic heterocycles. The van der Waals surface area contributed by atoms with Gasteiger partial charge >= 0.3 is 0 Å². The highest BCUT2D eigenvalue weighted by Gasteiger charge is 2.28. The van der Waals surface area contributed by atoms with Crippen molar-refractivity contribution in [2.45, 2.75) is 57.0 Å². The average Bonchev–Trinajstić information content (AvgIpc) is 2.84. The van der Waals surface area contributed by atoms with Crippen LogP contribution in [0.2, 0.25) is 0 Å². The number of fused-ring (bicyclic) bond motifs is 1. The minimum absolute atomic E-state index is 0.573. The predicted molar refractivity (Wildman–Crippen MR) is 77.1 cm³/mol. The summed E-state index contributed by atoms with van der Waals surface area (Å²) < 4.78 is 0. The van der Waals surface area contributed by atoms with E-state index < -0.39 is 0 Å². The molecule has 2 N–H and O–H groups in total. The van der Waals surface area contributed by atoms with E-state index in [0.29, 0.717) is 12.0 Å². The van der Waals surface area contributed by atoms with Gasteiger partial charge in [0.25, 0.3) is 0 Å². The van der Waals surface area contributed by atoms with Crippen LogP contribution in [0.25, 0.3) is 0 Å². The molecule has 1 aliphatic carbocycles. The zero-order valence-electron chi connectivity index (χ0n) is 11.3. The van der Waals surface area contributed by atoms with Gasteiger partial charge in [-0.05, 0) is 31.4 Å². The van der Waals surface area contributed by atoms with Crippen molar-refractivity contribution in [3.05, 3.63) is 29.8 Å². The highest BCUT2D eigenvalue weighted by molar-refractivity contribution is 5.58. The molecule has 0 bridgehead atoms. The summed E-state index contributed by atoms with van der Waals surface area (Å²) in [4.78, 5) is 0. The monoisotopic (exact) mass is 244 g/mol. The van der Waals surface area contributed by atoms with E-state index in [2.05, 4.69) is 41.8 Å². The smallest absolute Gasteiger partial charge is 0.0377 e. The molecule has 0 spiro atoms. The quantitative estimate of drug-likeness (QED) is 0.850. The van der Waals surface area contributed by atoms with E-state index >= 15 is 0 Å². The minimum atomic E-state index is 0.573. The van der Waals surface area contributed by atoms with Crippen molar-refractivity contribution in [2.75, 3.05) is 11.9 Å². The molecule has 98 valence electrons. The van der Waals surface area contributed by atoms with Crippen LogP contribution in [-0.4, -0.2) is 18.6 Å². The van der Waals surface area contributed by atoms with Gasteiger partial charge < -0.3 is 10.6 Å². The van der Waals surface area contributed by atoms with E-state index in [9.17, 15) is 0 Å². The summed E-state index contributed by atoms with van der Waals surface area (Å²) in [6, 6.07) is 10.1. The fourth-order valence-corrected chi connectivity index (χ4v) is 3.51. The van der Waals surface area contributed by atoms with Gasteiger partial charge in [-0.2, -0.15) is 0 Å². The Morgan fingerprint density at radius 2 is 1.94 bits per heavy atom. The number of rotatable bonds is 3. The fraction of sp³-hybridized carbons (Fsp3) is 0.625. The fourth-order valence-electron chi connectivity index (χ4n) is 3.51. The van der Waals surface area contributed by atoms with E-state index in [1.54, 1.807) is 0 Å². The van der Waals surface area contributed by atoms with Gasteiger partial charge in [-0.15, -0.1) is 0 Å². The van der Waals surface area contributed by atoms with Gasteiger partial charge in [0.2, 0.25) is 0 Å². The SMILES string of the molecule is CC(NC1CCCCC1)C1CNc2ccccc21. The first-order valence-electron chi connectivity index (χ1n) is 7.43. The topological polar surface area (TPSA) is 24.1 Å². The zero-order valence-corrected chi connectivity index (χ0v) is 11.3. The second kappa shape index (κ2) is 5.31. The van der Waals surface area contributed by atoms with E-state index in [1.807, 2.05) is 0 Å². The lowest BCUT2D eigenvalue weighted by Gasteiger charge is -2.29. The van der Waals surface area contributed by atoms with Gasteiger partial charge in [0.15, 0.2) is 0 Å². The molecule has 3 rings (SSSR count). The summed E-state index contributed by atoms with van der Waals surface area (Å²) in [6.45, 7) is 3.43. The Morgan fingerprint density at radius 1 is 1.17 bits per heavy atom. The Morgan fingerprint density at radius 3 is 2.78 bits per heavy atom. The lowest BCUT2D eigenvalue weighted by atomic mass is 9.90. The van der Waals surface area contributed by atoms with Crippen molar-refractivity contribution in [3.8, 4) is 0 Å². The molecule has 2 unspecified atom stereocenters. The van der Waals surface area contributed by atoms with E-state index in [1.165, 1.54) is 43.4 Å². The molecule has 0 radical (unpaired) electrons. The molecular weight excluding hydrogens is 220 g/mol. The number of para-hydroxylation sites is 1. The lowest BCUT2D eigenvalue weighted by Crippen LogP contribution is -2.41. The maximum atomic E-state index is 3.86. The van der Waals surface area contributed by atoms with Crippen LogP contribution in [-0.2, 0) is 0 Å². The molecular formula is C16H24N2. The van der Waals surface area contributed by atoms with Crippen LogP contribution in [0.5, 0.6) is 0 Å². The first-order chi connectivity index (χ1) is 8.84. The Bertz CT molecular complexity index is 396. The maximum absolute atomic E-state index is 3.86. The van der Waals surface area contributed by atoms with E-state index in [-0.39, 0.29) is 0 Å². The molecule has 2 nitrogen and oxygen atoms in total. The van der Waals surface area contributed by atoms with Crippen LogP contribution in [0.15, 0.2) is 24.3 Å². The Balaban J connectivity index is 1.64. The number of hydrogen-bond donors (Lipinski definition) is 2. The minimum Gasteiger partial charge on any atom is -0.384 e. The van der Waals surface area contributed by atoms with Crippen LogP contribution in [0.4, 0.5) is 5.69 Å². The number of benzene rings is 1. The molecule has 1 aromatic carbocycles. The normalized spacial score (nSPS) is 25.5. The lowest BCUT2D eigenvalue weighted by molar-refractivity contribution is 0.327. The maximum Gasteiger partial charge on any atom is 0.0377 e. The van der Waals surface area contributed by atoms with Crippen LogP contribution >= 0.6 is 0 Å². The number of nitrogens with one attached hydrogen (secondary N) is 2. The van der Waals surface area contributed by atoms with Crippen LogP contribution in [0, 0.1) is 0 Å². The molecule has 1 heterocycles. The summed E-state index contributed by atoms with van der Waals surface area (Å²) in [7, 11) is 0. The molecule has 1 saturated carbocycles. The van der Waals surface area contributed by atoms with Crippen molar-refractivity contribution < 1.29 is 0 Å². The van der Waals surface area contributed by atoms with Crippen molar-refractivity contribution in [1.29, 1.82) is 0 Å². The third kappa shape index (κ3) is 2.39. The third-order valence-corrected chi connectivity index (χ3v) is 4.58. The molecule has 1 aromatic rings. The summed E-state index contributed by atoms with van der Waals surface area (Å²) in [6.07, 6.45) is 6.98. The first-order valence-corrected chi connectivity index (χ1v) is 7.43. The molecule has 18 heavy (non-hydrogen) atoms. The van der Waals surface area contributed by atoms with Gasteiger partial charge in [0, 0.05) is 30.2 Å². The van der Waals surface area contributed by atoms with Crippen LogP contribution < -0.4 is 10.6 Å². The van der Waals surface area contributed by atoms with Gasteiger partial charge in [0.1, 0.15) is 0 Å². The van der Waals surface area contributed by atoms with Crippen LogP contribution in [0.1, 0.15) is 50.5 Å². The molecule has 2 heteroatoms. The summed E-state index contributed by atoms with van der Waals surface area (Å²) in [5, 5.41) is 7.39. The van der Waals surface area contributed by atoms with E-state index in [0.717, 1.165) is 12.6 Å². The molecule has 0 saturated heterocycles. The Labute approximate surface area is 110 Å². The second-order valence-corrected chi connectivity index (χ2v) is 5.86. The highest BCUT2D eigenvalue weighted by Crippen LogP contribution is 2.33. The Kier molecular flexibility index (Phi) is 3.55. The number of hydrogen-bond acceptors (Lipinski definition) is 2. The van der Waals surface area contributed by atoms with Crippen molar-refractivity contribution >= 4 is 5.69 Å². The summed E-state index contributed by atoms with van der Waals surface area (Å²) >= 11 is 0. The largest absolute Gasteiger partial charge is 0.384 e. The predicted octanol–water partition coefficient (Wildman–Crippen LogP) is 3.51. The van der Waals surface area contributed by atoms with Gasteiger partial charge in [-0.1, -0.05) is 37.5 Å². The standard InChI is InChI=1S/C16H24N2/c1-12(18-13-7-3-2-4-8-13)15-11-17-16-10-6-5-9-14(15)16/h5-6,9-10,12-13,15,17-18H,2-4,7-8,11H2,1H3. The van der Waals surface area contributed by atoms with Crippen LogP contribution in [0.3, 0.4) is 0 Å². The third-order valence-electron chi connectivity index (χ3n) is 4.58. The van der Waals surface area contributed by atoms with Gasteiger partial charge in [-0.3, -0.25) is 0 Å². The van der Waals surface area contributed by atoms with Crippen molar-refractivity contribution in [2.24, 2.45) is 0 Å².